The highest BCUT2D eigenvalue weighted by molar-refractivity contribution is 7.47. The number of hydrogen-bond donors (Lipinski definition) is 4. The Labute approximate surface area is 308 Å². The van der Waals surface area contributed by atoms with Gasteiger partial charge in [-0.05, 0) is 64.2 Å². The van der Waals surface area contributed by atoms with Gasteiger partial charge >= 0.3 is 19.8 Å². The van der Waals surface area contributed by atoms with E-state index in [2.05, 4.69) is 55.6 Å². The smallest absolute Gasteiger partial charge is 0.472 e. The first-order valence-corrected chi connectivity index (χ1v) is 21.0. The fourth-order valence-electron chi connectivity index (χ4n) is 5.05. The normalized spacial score (nSPS) is 14.3. The number of aliphatic hydroxyl groups excluding tert-OH is 1. The van der Waals surface area contributed by atoms with Gasteiger partial charge in [0.05, 0.1) is 13.2 Å². The van der Waals surface area contributed by atoms with Crippen LogP contribution in [0.4, 0.5) is 0 Å². The molecule has 11 nitrogen and oxygen atoms in total. The molecule has 0 aliphatic rings. The summed E-state index contributed by atoms with van der Waals surface area (Å²) in [7, 11) is -4.75. The van der Waals surface area contributed by atoms with Crippen LogP contribution in [0, 0.1) is 0 Å². The first-order valence-electron chi connectivity index (χ1n) is 19.5. The van der Waals surface area contributed by atoms with Crippen molar-refractivity contribution in [3.8, 4) is 0 Å². The summed E-state index contributed by atoms with van der Waals surface area (Å²) in [6, 6.07) is -1.55. The lowest BCUT2D eigenvalue weighted by atomic mass is 10.1. The predicted molar refractivity (Wildman–Crippen MR) is 203 cm³/mol. The molecule has 0 spiro atoms. The van der Waals surface area contributed by atoms with Gasteiger partial charge in [-0.2, -0.15) is 0 Å². The fraction of sp³-hybridized carbons (Fsp3) is 0.769. The maximum Gasteiger partial charge on any atom is 0.472 e. The highest BCUT2D eigenvalue weighted by atomic mass is 31.2. The molecule has 0 saturated carbocycles. The minimum atomic E-state index is -4.75. The van der Waals surface area contributed by atoms with Crippen molar-refractivity contribution in [1.82, 2.24) is 5.32 Å². The number of amides is 1. The molecule has 51 heavy (non-hydrogen) atoms. The van der Waals surface area contributed by atoms with E-state index in [1.54, 1.807) is 0 Å². The van der Waals surface area contributed by atoms with Crippen molar-refractivity contribution >= 4 is 25.7 Å². The molecule has 0 aromatic carbocycles. The van der Waals surface area contributed by atoms with Crippen molar-refractivity contribution in [2.75, 3.05) is 19.8 Å². The average Bonchev–Trinajstić information content (AvgIpc) is 3.10. The predicted octanol–water partition coefficient (Wildman–Crippen LogP) is 9.27. The Morgan fingerprint density at radius 2 is 1.12 bits per heavy atom. The van der Waals surface area contributed by atoms with Crippen LogP contribution in [0.3, 0.4) is 0 Å². The Hall–Kier alpha value is -2.30. The maximum atomic E-state index is 12.3. The number of aliphatic hydroxyl groups is 1. The summed E-state index contributed by atoms with van der Waals surface area (Å²) in [6.45, 7) is 2.46. The van der Waals surface area contributed by atoms with E-state index in [4.69, 9.17) is 13.8 Å². The monoisotopic (exact) mass is 743 g/mol. The molecule has 0 aromatic heterocycles. The van der Waals surface area contributed by atoms with Crippen LogP contribution >= 0.6 is 7.82 Å². The Bertz CT molecular complexity index is 1020. The summed E-state index contributed by atoms with van der Waals surface area (Å²) in [5.41, 5.74) is 0. The third-order valence-corrected chi connectivity index (χ3v) is 9.08. The lowest BCUT2D eigenvalue weighted by Crippen LogP contribution is -2.43. The molecule has 0 saturated heterocycles. The van der Waals surface area contributed by atoms with Gasteiger partial charge in [-0.25, -0.2) is 9.36 Å². The molecule has 0 bridgehead atoms. The molecule has 0 radical (unpaired) electrons. The number of aliphatic carboxylic acids is 1. The molecule has 1 amide bonds. The number of nitrogens with one attached hydrogen (secondary N) is 1. The molecule has 0 aliphatic carbocycles. The van der Waals surface area contributed by atoms with E-state index in [0.717, 1.165) is 89.9 Å². The Morgan fingerprint density at radius 1 is 0.627 bits per heavy atom. The van der Waals surface area contributed by atoms with Crippen LogP contribution in [-0.4, -0.2) is 64.9 Å². The molecule has 3 atom stereocenters. The molecule has 0 heterocycles. The zero-order chi connectivity index (χ0) is 37.8. The van der Waals surface area contributed by atoms with E-state index in [-0.39, 0.29) is 12.8 Å². The number of ether oxygens (including phenoxy) is 1. The van der Waals surface area contributed by atoms with Gasteiger partial charge < -0.3 is 25.2 Å². The van der Waals surface area contributed by atoms with E-state index in [1.165, 1.54) is 32.1 Å². The van der Waals surface area contributed by atoms with Gasteiger partial charge in [0.25, 0.3) is 0 Å². The molecule has 4 N–H and O–H groups in total. The van der Waals surface area contributed by atoms with E-state index < -0.39 is 57.6 Å². The van der Waals surface area contributed by atoms with Crippen LogP contribution in [0.2, 0.25) is 0 Å². The minimum absolute atomic E-state index is 0.136. The van der Waals surface area contributed by atoms with Crippen molar-refractivity contribution in [3.05, 3.63) is 36.5 Å². The van der Waals surface area contributed by atoms with Crippen molar-refractivity contribution in [3.63, 3.8) is 0 Å². The molecule has 3 unspecified atom stereocenters. The van der Waals surface area contributed by atoms with Gasteiger partial charge in [0.1, 0.15) is 12.7 Å². The second-order valence-electron chi connectivity index (χ2n) is 13.1. The summed E-state index contributed by atoms with van der Waals surface area (Å²) in [6.07, 6.45) is 34.6. The quantitative estimate of drug-likeness (QED) is 0.0210. The number of unbranched alkanes of at least 4 members (excludes halogenated alkanes) is 16. The second kappa shape index (κ2) is 34.8. The minimum Gasteiger partial charge on any atom is -0.480 e. The summed E-state index contributed by atoms with van der Waals surface area (Å²) < 4.78 is 26.7. The van der Waals surface area contributed by atoms with Crippen LogP contribution in [0.25, 0.3) is 0 Å². The summed E-state index contributed by atoms with van der Waals surface area (Å²) in [5.74, 6) is -2.40. The lowest BCUT2D eigenvalue weighted by molar-refractivity contribution is -0.147. The highest BCUT2D eigenvalue weighted by Gasteiger charge is 2.28. The van der Waals surface area contributed by atoms with Crippen molar-refractivity contribution in [2.24, 2.45) is 0 Å². The van der Waals surface area contributed by atoms with Gasteiger partial charge in [0.2, 0.25) is 5.91 Å². The number of carboxylic acids is 1. The molecule has 0 rings (SSSR count). The maximum absolute atomic E-state index is 12.3. The van der Waals surface area contributed by atoms with E-state index in [0.29, 0.717) is 12.8 Å². The van der Waals surface area contributed by atoms with Gasteiger partial charge in [-0.15, -0.1) is 0 Å². The third kappa shape index (κ3) is 34.5. The molecule has 12 heteroatoms. The number of phosphoric acid groups is 1. The van der Waals surface area contributed by atoms with Crippen LogP contribution in [-0.2, 0) is 32.7 Å². The molecule has 0 fully saturated rings. The standard InChI is InChI=1S/C39H70NO10P/c1-3-5-7-9-11-13-15-16-17-18-19-20-21-22-24-26-28-30-37(42)40-36(39(44)45)34-50-51(46,47)49-33-35(41)32-48-38(43)31-29-27-25-23-14-12-10-8-6-4-2/h8,10-11,13,16-17,35-36,41H,3-7,9,12,14-15,18-34H2,1-2H3,(H,40,42)(H,44,45)(H,46,47)/b10-8-,13-11-,17-16-. The number of allylic oxidation sites excluding steroid dienone is 6. The first-order chi connectivity index (χ1) is 24.6. The van der Waals surface area contributed by atoms with E-state index in [1.807, 2.05) is 0 Å². The SMILES string of the molecule is CCC/C=C\CCCCCCCC(=O)OCC(O)COP(=O)(O)OCC(NC(=O)CCCCCCCCC/C=C\C/C=C\CCCCC)C(=O)O. The average molecular weight is 744 g/mol. The fourth-order valence-corrected chi connectivity index (χ4v) is 5.82. The van der Waals surface area contributed by atoms with Gasteiger partial charge in [0, 0.05) is 12.8 Å². The van der Waals surface area contributed by atoms with Crippen molar-refractivity contribution < 1.29 is 47.8 Å². The molecule has 0 aliphatic heterocycles. The van der Waals surface area contributed by atoms with Crippen LogP contribution in [0.5, 0.6) is 0 Å². The van der Waals surface area contributed by atoms with Gasteiger partial charge in [0.15, 0.2) is 6.04 Å². The second-order valence-corrected chi connectivity index (χ2v) is 14.6. The summed E-state index contributed by atoms with van der Waals surface area (Å²) in [4.78, 5) is 45.7. The Balaban J connectivity index is 3.98. The van der Waals surface area contributed by atoms with E-state index in [9.17, 15) is 34.1 Å². The number of hydrogen-bond acceptors (Lipinski definition) is 8. The molecule has 296 valence electrons. The van der Waals surface area contributed by atoms with Crippen molar-refractivity contribution in [2.45, 2.75) is 174 Å². The number of carbonyl (C=O) groups is 3. The third-order valence-electron chi connectivity index (χ3n) is 8.13. The number of rotatable bonds is 36. The first kappa shape index (κ1) is 48.7. The number of esters is 1. The molecular formula is C39H70NO10P. The summed E-state index contributed by atoms with van der Waals surface area (Å²) >= 11 is 0. The van der Waals surface area contributed by atoms with Gasteiger partial charge in [-0.1, -0.05) is 121 Å². The number of carboxylic acid groups (broad SMARTS) is 1. The zero-order valence-electron chi connectivity index (χ0n) is 31.7. The number of carbonyl (C=O) groups excluding carboxylic acids is 2. The molecule has 0 aromatic rings. The zero-order valence-corrected chi connectivity index (χ0v) is 32.5. The van der Waals surface area contributed by atoms with Gasteiger partial charge in [-0.3, -0.25) is 18.6 Å². The topological polar surface area (TPSA) is 169 Å². The number of phosphoric ester groups is 1. The van der Waals surface area contributed by atoms with Crippen LogP contribution in [0.1, 0.15) is 162 Å². The highest BCUT2D eigenvalue weighted by Crippen LogP contribution is 2.43. The summed E-state index contributed by atoms with van der Waals surface area (Å²) in [5, 5.41) is 21.7. The van der Waals surface area contributed by atoms with Crippen LogP contribution in [0.15, 0.2) is 36.5 Å². The largest absolute Gasteiger partial charge is 0.480 e. The van der Waals surface area contributed by atoms with E-state index >= 15 is 0 Å². The van der Waals surface area contributed by atoms with Crippen LogP contribution < -0.4 is 5.32 Å². The Kier molecular flexibility index (Phi) is 33.2. The lowest BCUT2D eigenvalue weighted by Gasteiger charge is -2.18. The Morgan fingerprint density at radius 3 is 1.69 bits per heavy atom. The molecular weight excluding hydrogens is 673 g/mol. The van der Waals surface area contributed by atoms with Crippen molar-refractivity contribution in [1.29, 1.82) is 0 Å².